The van der Waals surface area contributed by atoms with Crippen molar-refractivity contribution in [2.24, 2.45) is 5.92 Å². The van der Waals surface area contributed by atoms with Gasteiger partial charge in [-0.2, -0.15) is 0 Å². The van der Waals surface area contributed by atoms with Crippen LogP contribution in [0, 0.1) is 5.92 Å². The fourth-order valence-electron chi connectivity index (χ4n) is 3.28. The zero-order chi connectivity index (χ0) is 13.8. The fourth-order valence-corrected chi connectivity index (χ4v) is 3.28. The van der Waals surface area contributed by atoms with Gasteiger partial charge >= 0.3 is 0 Å². The van der Waals surface area contributed by atoms with E-state index in [4.69, 9.17) is 0 Å². The van der Waals surface area contributed by atoms with E-state index in [9.17, 15) is 0 Å². The zero-order valence-corrected chi connectivity index (χ0v) is 12.3. The molecule has 3 rings (SSSR count). The number of rotatable bonds is 3. The highest BCUT2D eigenvalue weighted by Crippen LogP contribution is 2.23. The molecule has 106 valence electrons. The molecule has 0 bridgehead atoms. The molecular formula is C18H24N2. The average molecular weight is 268 g/mol. The minimum atomic E-state index is 0.682. The highest BCUT2D eigenvalue weighted by atomic mass is 14.9. The monoisotopic (exact) mass is 268 g/mol. The van der Waals surface area contributed by atoms with Crippen molar-refractivity contribution in [2.45, 2.75) is 51.6 Å². The molecule has 1 fully saturated rings. The smallest absolute Gasteiger partial charge is 0.0702 e. The van der Waals surface area contributed by atoms with Crippen molar-refractivity contribution in [2.75, 3.05) is 0 Å². The van der Waals surface area contributed by atoms with E-state index in [1.807, 2.05) is 12.3 Å². The van der Waals surface area contributed by atoms with Crippen LogP contribution in [-0.4, -0.2) is 11.0 Å². The maximum absolute atomic E-state index is 4.38. The van der Waals surface area contributed by atoms with E-state index >= 15 is 0 Å². The third-order valence-electron chi connectivity index (χ3n) is 4.60. The van der Waals surface area contributed by atoms with Crippen LogP contribution in [-0.2, 0) is 6.54 Å². The van der Waals surface area contributed by atoms with E-state index in [1.165, 1.54) is 43.1 Å². The molecule has 1 saturated carbocycles. The number of nitrogens with zero attached hydrogens (tertiary/aromatic N) is 1. The summed E-state index contributed by atoms with van der Waals surface area (Å²) in [4.78, 5) is 4.38. The number of hydrogen-bond donors (Lipinski definition) is 1. The second-order valence-electron chi connectivity index (χ2n) is 6.13. The Labute approximate surface area is 121 Å². The van der Waals surface area contributed by atoms with Gasteiger partial charge in [0.2, 0.25) is 0 Å². The predicted molar refractivity (Wildman–Crippen MR) is 84.6 cm³/mol. The molecule has 2 aromatic rings. The van der Waals surface area contributed by atoms with Crippen LogP contribution in [0.3, 0.4) is 0 Å². The van der Waals surface area contributed by atoms with E-state index in [-0.39, 0.29) is 0 Å². The Kier molecular flexibility index (Phi) is 4.31. The number of hydrogen-bond acceptors (Lipinski definition) is 2. The Morgan fingerprint density at radius 2 is 2.05 bits per heavy atom. The molecule has 0 saturated heterocycles. The van der Waals surface area contributed by atoms with Gasteiger partial charge in [-0.1, -0.05) is 38.3 Å². The summed E-state index contributed by atoms with van der Waals surface area (Å²) >= 11 is 0. The SMILES string of the molecule is CC1CCCCCC1NCc1ccc2ncccc2c1. The molecule has 1 aromatic carbocycles. The van der Waals surface area contributed by atoms with Crippen LogP contribution in [0.25, 0.3) is 10.9 Å². The number of fused-ring (bicyclic) bond motifs is 1. The summed E-state index contributed by atoms with van der Waals surface area (Å²) in [5, 5.41) is 5.01. The molecule has 1 N–H and O–H groups in total. The van der Waals surface area contributed by atoms with Crippen molar-refractivity contribution in [1.82, 2.24) is 10.3 Å². The molecule has 2 atom stereocenters. The summed E-state index contributed by atoms with van der Waals surface area (Å²) in [5.41, 5.74) is 2.45. The van der Waals surface area contributed by atoms with Crippen LogP contribution in [0.1, 0.15) is 44.6 Å². The molecule has 1 aliphatic rings. The van der Waals surface area contributed by atoms with Gasteiger partial charge in [-0.15, -0.1) is 0 Å². The number of aromatic nitrogens is 1. The summed E-state index contributed by atoms with van der Waals surface area (Å²) in [7, 11) is 0. The molecule has 2 nitrogen and oxygen atoms in total. The Hall–Kier alpha value is -1.41. The Morgan fingerprint density at radius 3 is 3.00 bits per heavy atom. The maximum atomic E-state index is 4.38. The van der Waals surface area contributed by atoms with Crippen molar-refractivity contribution in [3.05, 3.63) is 42.1 Å². The second kappa shape index (κ2) is 6.36. The minimum Gasteiger partial charge on any atom is -0.310 e. The van der Waals surface area contributed by atoms with Gasteiger partial charge in [-0.05, 0) is 42.5 Å². The minimum absolute atomic E-state index is 0.682. The van der Waals surface area contributed by atoms with Crippen LogP contribution in [0.4, 0.5) is 0 Å². The highest BCUT2D eigenvalue weighted by molar-refractivity contribution is 5.78. The van der Waals surface area contributed by atoms with Crippen molar-refractivity contribution >= 4 is 10.9 Å². The number of pyridine rings is 1. The lowest BCUT2D eigenvalue weighted by molar-refractivity contribution is 0.356. The summed E-state index contributed by atoms with van der Waals surface area (Å²) in [6, 6.07) is 11.4. The predicted octanol–water partition coefficient (Wildman–Crippen LogP) is 4.29. The van der Waals surface area contributed by atoms with Crippen LogP contribution in [0.15, 0.2) is 36.5 Å². The van der Waals surface area contributed by atoms with Gasteiger partial charge in [-0.25, -0.2) is 0 Å². The molecular weight excluding hydrogens is 244 g/mol. The van der Waals surface area contributed by atoms with Crippen LogP contribution >= 0.6 is 0 Å². The van der Waals surface area contributed by atoms with Gasteiger partial charge in [0.15, 0.2) is 0 Å². The van der Waals surface area contributed by atoms with Crippen LogP contribution in [0.2, 0.25) is 0 Å². The fraction of sp³-hybridized carbons (Fsp3) is 0.500. The lowest BCUT2D eigenvalue weighted by Gasteiger charge is -2.23. The summed E-state index contributed by atoms with van der Waals surface area (Å²) < 4.78 is 0. The van der Waals surface area contributed by atoms with Gasteiger partial charge in [0, 0.05) is 24.2 Å². The van der Waals surface area contributed by atoms with Gasteiger partial charge in [0.25, 0.3) is 0 Å². The molecule has 0 spiro atoms. The molecule has 2 unspecified atom stereocenters. The van der Waals surface area contributed by atoms with E-state index in [1.54, 1.807) is 0 Å². The molecule has 2 heteroatoms. The van der Waals surface area contributed by atoms with E-state index < -0.39 is 0 Å². The largest absolute Gasteiger partial charge is 0.310 e. The topological polar surface area (TPSA) is 24.9 Å². The lowest BCUT2D eigenvalue weighted by atomic mass is 9.96. The average Bonchev–Trinajstić information content (AvgIpc) is 2.69. The van der Waals surface area contributed by atoms with E-state index in [0.29, 0.717) is 6.04 Å². The molecule has 20 heavy (non-hydrogen) atoms. The van der Waals surface area contributed by atoms with Crippen molar-refractivity contribution < 1.29 is 0 Å². The third-order valence-corrected chi connectivity index (χ3v) is 4.60. The van der Waals surface area contributed by atoms with E-state index in [2.05, 4.69) is 41.5 Å². The van der Waals surface area contributed by atoms with Crippen LogP contribution in [0.5, 0.6) is 0 Å². The van der Waals surface area contributed by atoms with Crippen molar-refractivity contribution in [1.29, 1.82) is 0 Å². The molecule has 0 aliphatic heterocycles. The summed E-state index contributed by atoms with van der Waals surface area (Å²) in [6.07, 6.45) is 8.75. The van der Waals surface area contributed by atoms with Gasteiger partial charge in [-0.3, -0.25) is 4.98 Å². The van der Waals surface area contributed by atoms with E-state index in [0.717, 1.165) is 18.0 Å². The first-order chi connectivity index (χ1) is 9.83. The lowest BCUT2D eigenvalue weighted by Crippen LogP contribution is -2.33. The highest BCUT2D eigenvalue weighted by Gasteiger charge is 2.18. The first kappa shape index (κ1) is 13.6. The summed E-state index contributed by atoms with van der Waals surface area (Å²) in [5.74, 6) is 0.805. The molecule has 1 heterocycles. The molecule has 1 aromatic heterocycles. The molecule has 1 aliphatic carbocycles. The number of nitrogens with one attached hydrogen (secondary N) is 1. The molecule has 0 radical (unpaired) electrons. The van der Waals surface area contributed by atoms with Crippen molar-refractivity contribution in [3.63, 3.8) is 0 Å². The Balaban J connectivity index is 1.66. The third kappa shape index (κ3) is 3.18. The van der Waals surface area contributed by atoms with Gasteiger partial charge in [0.1, 0.15) is 0 Å². The van der Waals surface area contributed by atoms with Gasteiger partial charge in [0.05, 0.1) is 5.52 Å². The quantitative estimate of drug-likeness (QED) is 0.840. The first-order valence-corrected chi connectivity index (χ1v) is 7.90. The molecule has 0 amide bonds. The van der Waals surface area contributed by atoms with Crippen LogP contribution < -0.4 is 5.32 Å². The first-order valence-electron chi connectivity index (χ1n) is 7.90. The number of benzene rings is 1. The Morgan fingerprint density at radius 1 is 1.15 bits per heavy atom. The normalized spacial score (nSPS) is 23.6. The Bertz CT molecular complexity index is 564. The zero-order valence-electron chi connectivity index (χ0n) is 12.3. The maximum Gasteiger partial charge on any atom is 0.0702 e. The second-order valence-corrected chi connectivity index (χ2v) is 6.13. The summed E-state index contributed by atoms with van der Waals surface area (Å²) in [6.45, 7) is 3.37. The standard InChI is InChI=1S/C18H24N2/c1-14-6-3-2-4-8-17(14)20-13-15-9-10-18-16(12-15)7-5-11-19-18/h5,7,9-12,14,17,20H,2-4,6,8,13H2,1H3. The van der Waals surface area contributed by atoms with Crippen molar-refractivity contribution in [3.8, 4) is 0 Å². The van der Waals surface area contributed by atoms with Gasteiger partial charge < -0.3 is 5.32 Å².